The lowest BCUT2D eigenvalue weighted by Crippen LogP contribution is -2.37. The fraction of sp³-hybridized carbons (Fsp3) is 0.321. The van der Waals surface area contributed by atoms with Gasteiger partial charge in [-0.25, -0.2) is 0 Å². The average Bonchev–Trinajstić information content (AvgIpc) is 3.50. The first-order chi connectivity index (χ1) is 15.3. The molecule has 3 nitrogen and oxygen atoms in total. The molecule has 1 saturated heterocycles. The maximum absolute atomic E-state index is 10.5. The summed E-state index contributed by atoms with van der Waals surface area (Å²) in [7, 11) is 0. The highest BCUT2D eigenvalue weighted by Crippen LogP contribution is 2.43. The third-order valence-corrected chi connectivity index (χ3v) is 6.99. The lowest BCUT2D eigenvalue weighted by atomic mass is 9.66. The van der Waals surface area contributed by atoms with Crippen LogP contribution in [0, 0.1) is 17.2 Å². The number of ether oxygens (including phenoxy) is 1. The van der Waals surface area contributed by atoms with Gasteiger partial charge in [-0.3, -0.25) is 0 Å². The SMILES string of the molecule is Br.N#CC(c1ccccc1)(c1ccccc1)C1CCN(CCc2ccc3c(c2)CCO3)C1. The Bertz CT molecular complexity index is 1040. The third kappa shape index (κ3) is 4.20. The number of fused-ring (bicyclic) bond motifs is 1. The molecule has 2 aliphatic heterocycles. The Kier molecular flexibility index (Phi) is 6.98. The number of nitrogens with zero attached hydrogens (tertiary/aromatic N) is 2. The predicted molar refractivity (Wildman–Crippen MR) is 133 cm³/mol. The molecule has 0 spiro atoms. The van der Waals surface area contributed by atoms with Crippen LogP contribution in [0.15, 0.2) is 78.9 Å². The Labute approximate surface area is 201 Å². The number of nitriles is 1. The van der Waals surface area contributed by atoms with Crippen LogP contribution in [0.25, 0.3) is 0 Å². The molecule has 5 rings (SSSR count). The number of benzene rings is 3. The average molecular weight is 489 g/mol. The van der Waals surface area contributed by atoms with E-state index in [1.807, 2.05) is 12.1 Å². The molecule has 0 radical (unpaired) electrons. The van der Waals surface area contributed by atoms with Crippen molar-refractivity contribution in [1.29, 1.82) is 5.26 Å². The monoisotopic (exact) mass is 488 g/mol. The van der Waals surface area contributed by atoms with Gasteiger partial charge in [0.15, 0.2) is 0 Å². The van der Waals surface area contributed by atoms with Crippen molar-refractivity contribution in [1.82, 2.24) is 4.90 Å². The molecule has 2 heterocycles. The Morgan fingerprint density at radius 3 is 2.31 bits per heavy atom. The van der Waals surface area contributed by atoms with E-state index in [0.29, 0.717) is 0 Å². The van der Waals surface area contributed by atoms with E-state index in [0.717, 1.165) is 62.4 Å². The number of hydrogen-bond donors (Lipinski definition) is 0. The second kappa shape index (κ2) is 9.90. The Hall–Kier alpha value is -2.61. The summed E-state index contributed by atoms with van der Waals surface area (Å²) in [6.45, 7) is 3.83. The summed E-state index contributed by atoms with van der Waals surface area (Å²) in [4.78, 5) is 2.53. The van der Waals surface area contributed by atoms with Crippen molar-refractivity contribution in [3.05, 3.63) is 101 Å². The highest BCUT2D eigenvalue weighted by atomic mass is 79.9. The van der Waals surface area contributed by atoms with Gasteiger partial charge in [-0.2, -0.15) is 5.26 Å². The van der Waals surface area contributed by atoms with Crippen LogP contribution in [0.4, 0.5) is 0 Å². The molecule has 3 aromatic carbocycles. The van der Waals surface area contributed by atoms with Crippen molar-refractivity contribution in [3.63, 3.8) is 0 Å². The predicted octanol–water partition coefficient (Wildman–Crippen LogP) is 5.57. The summed E-state index contributed by atoms with van der Waals surface area (Å²) in [5, 5.41) is 10.5. The van der Waals surface area contributed by atoms with Gasteiger partial charge in [0, 0.05) is 19.5 Å². The van der Waals surface area contributed by atoms with Gasteiger partial charge in [0.05, 0.1) is 12.7 Å². The van der Waals surface area contributed by atoms with Gasteiger partial charge in [-0.05, 0) is 53.6 Å². The third-order valence-electron chi connectivity index (χ3n) is 6.99. The molecule has 0 N–H and O–H groups in total. The van der Waals surface area contributed by atoms with E-state index in [2.05, 4.69) is 77.7 Å². The van der Waals surface area contributed by atoms with Gasteiger partial charge in [0.2, 0.25) is 0 Å². The van der Waals surface area contributed by atoms with Crippen LogP contribution in [0.5, 0.6) is 5.75 Å². The van der Waals surface area contributed by atoms with Crippen LogP contribution in [-0.4, -0.2) is 31.1 Å². The fourth-order valence-electron chi connectivity index (χ4n) is 5.33. The second-order valence-electron chi connectivity index (χ2n) is 8.73. The number of hydrogen-bond acceptors (Lipinski definition) is 3. The van der Waals surface area contributed by atoms with E-state index in [1.54, 1.807) is 0 Å². The summed E-state index contributed by atoms with van der Waals surface area (Å²) in [6.07, 6.45) is 3.10. The number of halogens is 1. The van der Waals surface area contributed by atoms with Crippen LogP contribution in [-0.2, 0) is 18.3 Å². The highest BCUT2D eigenvalue weighted by molar-refractivity contribution is 8.93. The molecular formula is C28H29BrN2O. The van der Waals surface area contributed by atoms with Gasteiger partial charge in [-0.1, -0.05) is 72.8 Å². The minimum absolute atomic E-state index is 0. The molecule has 1 atom stereocenters. The van der Waals surface area contributed by atoms with Gasteiger partial charge in [-0.15, -0.1) is 17.0 Å². The quantitative estimate of drug-likeness (QED) is 0.454. The van der Waals surface area contributed by atoms with E-state index in [4.69, 9.17) is 4.74 Å². The van der Waals surface area contributed by atoms with Gasteiger partial charge >= 0.3 is 0 Å². The van der Waals surface area contributed by atoms with Crippen molar-refractivity contribution in [2.75, 3.05) is 26.2 Å². The number of rotatable bonds is 6. The van der Waals surface area contributed by atoms with Gasteiger partial charge < -0.3 is 9.64 Å². The molecule has 1 unspecified atom stereocenters. The maximum Gasteiger partial charge on any atom is 0.122 e. The standard InChI is InChI=1S/C28H28N2O.BrH/c29-21-28(24-7-3-1-4-8-24,25-9-5-2-6-10-25)26-14-17-30(20-26)16-13-22-11-12-27-23(19-22)15-18-31-27;/h1-12,19,26H,13-18,20H2;1H. The first-order valence-corrected chi connectivity index (χ1v) is 11.3. The first kappa shape index (κ1) is 22.6. The van der Waals surface area contributed by atoms with Crippen LogP contribution in [0.3, 0.4) is 0 Å². The zero-order valence-corrected chi connectivity index (χ0v) is 20.0. The summed E-state index contributed by atoms with van der Waals surface area (Å²) in [5.41, 5.74) is 4.32. The first-order valence-electron chi connectivity index (χ1n) is 11.3. The summed E-state index contributed by atoms with van der Waals surface area (Å²) < 4.78 is 5.64. The van der Waals surface area contributed by atoms with Crippen molar-refractivity contribution < 1.29 is 4.74 Å². The molecule has 3 aromatic rings. The van der Waals surface area contributed by atoms with Gasteiger partial charge in [0.25, 0.3) is 0 Å². The van der Waals surface area contributed by atoms with E-state index >= 15 is 0 Å². The minimum atomic E-state index is -0.609. The lowest BCUT2D eigenvalue weighted by Gasteiger charge is -2.34. The molecule has 0 amide bonds. The normalized spacial score (nSPS) is 17.8. The van der Waals surface area contributed by atoms with Gasteiger partial charge in [0.1, 0.15) is 11.2 Å². The van der Waals surface area contributed by atoms with E-state index in [-0.39, 0.29) is 22.9 Å². The molecule has 0 bridgehead atoms. The minimum Gasteiger partial charge on any atom is -0.493 e. The molecule has 2 aliphatic rings. The van der Waals surface area contributed by atoms with Crippen molar-refractivity contribution in [2.45, 2.75) is 24.7 Å². The highest BCUT2D eigenvalue weighted by Gasteiger charge is 2.45. The molecule has 0 saturated carbocycles. The molecule has 1 fully saturated rings. The van der Waals surface area contributed by atoms with E-state index in [1.165, 1.54) is 11.1 Å². The van der Waals surface area contributed by atoms with Crippen LogP contribution in [0.1, 0.15) is 28.7 Å². The molecular weight excluding hydrogens is 460 g/mol. The molecule has 32 heavy (non-hydrogen) atoms. The zero-order chi connectivity index (χ0) is 21.1. The van der Waals surface area contributed by atoms with Crippen LogP contribution >= 0.6 is 17.0 Å². The van der Waals surface area contributed by atoms with E-state index < -0.39 is 5.41 Å². The Morgan fingerprint density at radius 1 is 0.969 bits per heavy atom. The van der Waals surface area contributed by atoms with Crippen molar-refractivity contribution >= 4 is 17.0 Å². The van der Waals surface area contributed by atoms with Crippen molar-refractivity contribution in [3.8, 4) is 11.8 Å². The number of likely N-dealkylation sites (tertiary alicyclic amines) is 1. The molecule has 4 heteroatoms. The summed E-state index contributed by atoms with van der Waals surface area (Å²) in [6, 6.07) is 30.1. The van der Waals surface area contributed by atoms with Crippen LogP contribution < -0.4 is 4.74 Å². The maximum atomic E-state index is 10.5. The smallest absolute Gasteiger partial charge is 0.122 e. The topological polar surface area (TPSA) is 36.3 Å². The second-order valence-corrected chi connectivity index (χ2v) is 8.73. The largest absolute Gasteiger partial charge is 0.493 e. The summed E-state index contributed by atoms with van der Waals surface area (Å²) in [5.74, 6) is 1.32. The zero-order valence-electron chi connectivity index (χ0n) is 18.2. The molecule has 0 aromatic heterocycles. The Morgan fingerprint density at radius 2 is 1.66 bits per heavy atom. The van der Waals surface area contributed by atoms with Crippen molar-refractivity contribution in [2.24, 2.45) is 5.92 Å². The van der Waals surface area contributed by atoms with Crippen LogP contribution in [0.2, 0.25) is 0 Å². The molecule has 164 valence electrons. The van der Waals surface area contributed by atoms with E-state index in [9.17, 15) is 5.26 Å². The fourth-order valence-corrected chi connectivity index (χ4v) is 5.33. The molecule has 0 aliphatic carbocycles. The Balaban J connectivity index is 0.00000245. The lowest BCUT2D eigenvalue weighted by molar-refractivity contribution is 0.308. The summed E-state index contributed by atoms with van der Waals surface area (Å²) >= 11 is 0.